The minimum Gasteiger partial charge on any atom is -0.353 e. The molecule has 1 aromatic rings. The quantitative estimate of drug-likeness (QED) is 0.500. The van der Waals surface area contributed by atoms with Crippen molar-refractivity contribution in [3.63, 3.8) is 0 Å². The van der Waals surface area contributed by atoms with E-state index in [0.29, 0.717) is 29.9 Å². The molecule has 2 N–H and O–H groups in total. The zero-order valence-corrected chi connectivity index (χ0v) is 22.7. The molecule has 6 rings (SSSR count). The molecule has 4 bridgehead atoms. The number of rotatable bonds is 9. The summed E-state index contributed by atoms with van der Waals surface area (Å²) in [6, 6.07) is 7.90. The Morgan fingerprint density at radius 1 is 0.972 bits per heavy atom. The Balaban J connectivity index is 1.17. The number of amides is 2. The van der Waals surface area contributed by atoms with Gasteiger partial charge in [-0.3, -0.25) is 9.59 Å². The van der Waals surface area contributed by atoms with Crippen molar-refractivity contribution in [2.75, 3.05) is 26.2 Å². The van der Waals surface area contributed by atoms with E-state index in [-0.39, 0.29) is 11.8 Å². The van der Waals surface area contributed by atoms with E-state index in [0.717, 1.165) is 43.3 Å². The molecule has 1 saturated heterocycles. The predicted octanol–water partition coefficient (Wildman–Crippen LogP) is 5.15. The maximum absolute atomic E-state index is 13.2. The third-order valence-corrected chi connectivity index (χ3v) is 9.73. The van der Waals surface area contributed by atoms with E-state index < -0.39 is 6.04 Å². The molecule has 5 aliphatic rings. The summed E-state index contributed by atoms with van der Waals surface area (Å²) < 4.78 is 0. The first-order chi connectivity index (χ1) is 17.3. The molecule has 0 aromatic heterocycles. The topological polar surface area (TPSA) is 61.4 Å². The summed E-state index contributed by atoms with van der Waals surface area (Å²) >= 11 is 0. The highest BCUT2D eigenvalue weighted by molar-refractivity contribution is 5.97. The molecule has 36 heavy (non-hydrogen) atoms. The van der Waals surface area contributed by atoms with Crippen LogP contribution in [0.1, 0.15) is 94.5 Å². The molecule has 1 aliphatic heterocycles. The van der Waals surface area contributed by atoms with Crippen LogP contribution in [0.15, 0.2) is 24.3 Å². The molecule has 1 heterocycles. The molecule has 1 unspecified atom stereocenters. The number of carbonyl (C=O) groups is 2. The highest BCUT2D eigenvalue weighted by Gasteiger charge is 2.51. The minimum atomic E-state index is -0.498. The van der Waals surface area contributed by atoms with Crippen LogP contribution >= 0.6 is 0 Å². The summed E-state index contributed by atoms with van der Waals surface area (Å²) in [5.74, 6) is 3.66. The van der Waals surface area contributed by atoms with Gasteiger partial charge in [-0.15, -0.1) is 0 Å². The Labute approximate surface area is 218 Å². The van der Waals surface area contributed by atoms with Gasteiger partial charge in [0, 0.05) is 18.7 Å². The molecule has 1 atom stereocenters. The molecule has 1 aromatic carbocycles. The van der Waals surface area contributed by atoms with Crippen LogP contribution in [0, 0.1) is 29.6 Å². The first kappa shape index (κ1) is 25.8. The van der Waals surface area contributed by atoms with E-state index in [9.17, 15) is 9.59 Å². The van der Waals surface area contributed by atoms with E-state index in [1.807, 2.05) is 12.1 Å². The van der Waals surface area contributed by atoms with Gasteiger partial charge in [0.15, 0.2) is 0 Å². The number of likely N-dealkylation sites (tertiary alicyclic amines) is 1. The van der Waals surface area contributed by atoms with Crippen LogP contribution in [0.5, 0.6) is 0 Å². The summed E-state index contributed by atoms with van der Waals surface area (Å²) in [5, 5.41) is 6.14. The van der Waals surface area contributed by atoms with Crippen molar-refractivity contribution >= 4 is 11.8 Å². The van der Waals surface area contributed by atoms with Crippen molar-refractivity contribution in [2.45, 2.75) is 90.0 Å². The van der Waals surface area contributed by atoms with E-state index in [2.05, 4.69) is 48.4 Å². The minimum absolute atomic E-state index is 0.0624. The summed E-state index contributed by atoms with van der Waals surface area (Å²) in [4.78, 5) is 28.6. The smallest absolute Gasteiger partial charge is 0.251 e. The molecular formula is C31H47N3O2. The zero-order chi connectivity index (χ0) is 25.3. The first-order valence-corrected chi connectivity index (χ1v) is 14.7. The third kappa shape index (κ3) is 5.82. The molecule has 4 saturated carbocycles. The SMILES string of the molecule is CC(C)CC(NC(=O)c1ccc(C23CC4CC(CC(C4)C2)C3)cc1)C(=O)NCCN1CCC(C)CC1. The van der Waals surface area contributed by atoms with Gasteiger partial charge in [0.25, 0.3) is 5.91 Å². The lowest BCUT2D eigenvalue weighted by Gasteiger charge is -2.57. The van der Waals surface area contributed by atoms with Gasteiger partial charge >= 0.3 is 0 Å². The van der Waals surface area contributed by atoms with E-state index in [4.69, 9.17) is 0 Å². The van der Waals surface area contributed by atoms with Gasteiger partial charge < -0.3 is 15.5 Å². The van der Waals surface area contributed by atoms with Crippen molar-refractivity contribution in [2.24, 2.45) is 29.6 Å². The summed E-state index contributed by atoms with van der Waals surface area (Å²) in [7, 11) is 0. The Morgan fingerprint density at radius 2 is 1.56 bits per heavy atom. The molecule has 4 aliphatic carbocycles. The van der Waals surface area contributed by atoms with Crippen LogP contribution < -0.4 is 10.6 Å². The van der Waals surface area contributed by atoms with Crippen LogP contribution in [0.2, 0.25) is 0 Å². The van der Waals surface area contributed by atoms with Crippen molar-refractivity contribution in [1.29, 1.82) is 0 Å². The normalized spacial score (nSPS) is 30.9. The number of carbonyl (C=O) groups excluding carboxylic acids is 2. The van der Waals surface area contributed by atoms with Gasteiger partial charge in [0.1, 0.15) is 6.04 Å². The molecule has 5 fully saturated rings. The largest absolute Gasteiger partial charge is 0.353 e. The van der Waals surface area contributed by atoms with Gasteiger partial charge in [-0.1, -0.05) is 32.9 Å². The van der Waals surface area contributed by atoms with E-state index in [1.165, 1.54) is 56.9 Å². The van der Waals surface area contributed by atoms with Crippen LogP contribution in [-0.2, 0) is 10.2 Å². The fourth-order valence-corrected chi connectivity index (χ4v) is 8.13. The Morgan fingerprint density at radius 3 is 2.11 bits per heavy atom. The highest BCUT2D eigenvalue weighted by Crippen LogP contribution is 2.60. The van der Waals surface area contributed by atoms with Crippen molar-refractivity contribution in [3.8, 4) is 0 Å². The van der Waals surface area contributed by atoms with Crippen LogP contribution in [-0.4, -0.2) is 48.9 Å². The predicted molar refractivity (Wildman–Crippen MR) is 145 cm³/mol. The van der Waals surface area contributed by atoms with Crippen LogP contribution in [0.25, 0.3) is 0 Å². The Kier molecular flexibility index (Phi) is 7.76. The second-order valence-electron chi connectivity index (χ2n) is 13.2. The fourth-order valence-electron chi connectivity index (χ4n) is 8.13. The van der Waals surface area contributed by atoms with Gasteiger partial charge in [-0.05, 0) is 124 Å². The zero-order valence-electron chi connectivity index (χ0n) is 22.7. The summed E-state index contributed by atoms with van der Waals surface area (Å²) in [6.07, 6.45) is 11.4. The number of nitrogens with zero attached hydrogens (tertiary/aromatic N) is 1. The standard InChI is InChI=1S/C31H47N3O2/c1-21(2)14-28(30(36)32-10-13-34-11-8-22(3)9-12-34)33-29(35)26-4-6-27(7-5-26)31-18-23-15-24(19-31)17-25(16-23)20-31/h4-7,21-25,28H,8-20H2,1-3H3,(H,32,36)(H,33,35). The van der Waals surface area contributed by atoms with Gasteiger partial charge in [0.2, 0.25) is 5.91 Å². The lowest BCUT2D eigenvalue weighted by molar-refractivity contribution is -0.123. The van der Waals surface area contributed by atoms with E-state index >= 15 is 0 Å². The molecule has 0 radical (unpaired) electrons. The van der Waals surface area contributed by atoms with Crippen molar-refractivity contribution in [1.82, 2.24) is 15.5 Å². The molecular weight excluding hydrogens is 446 g/mol. The van der Waals surface area contributed by atoms with Crippen LogP contribution in [0.3, 0.4) is 0 Å². The van der Waals surface area contributed by atoms with Crippen molar-refractivity contribution < 1.29 is 9.59 Å². The Hall–Kier alpha value is -1.88. The number of benzene rings is 1. The van der Waals surface area contributed by atoms with Gasteiger partial charge in [-0.2, -0.15) is 0 Å². The highest BCUT2D eigenvalue weighted by atomic mass is 16.2. The van der Waals surface area contributed by atoms with Gasteiger partial charge in [-0.25, -0.2) is 0 Å². The second kappa shape index (κ2) is 10.8. The number of hydrogen-bond donors (Lipinski definition) is 2. The second-order valence-corrected chi connectivity index (χ2v) is 13.2. The third-order valence-electron chi connectivity index (χ3n) is 9.73. The Bertz CT molecular complexity index is 881. The molecule has 0 spiro atoms. The first-order valence-electron chi connectivity index (χ1n) is 14.7. The molecule has 2 amide bonds. The average Bonchev–Trinajstić information content (AvgIpc) is 2.84. The number of hydrogen-bond acceptors (Lipinski definition) is 3. The summed E-state index contributed by atoms with van der Waals surface area (Å²) in [6.45, 7) is 10.3. The maximum Gasteiger partial charge on any atom is 0.251 e. The van der Waals surface area contributed by atoms with Gasteiger partial charge in [0.05, 0.1) is 0 Å². The monoisotopic (exact) mass is 493 g/mol. The number of piperidine rings is 1. The summed E-state index contributed by atoms with van der Waals surface area (Å²) in [5.41, 5.74) is 2.44. The lowest BCUT2D eigenvalue weighted by Crippen LogP contribution is -2.49. The van der Waals surface area contributed by atoms with E-state index in [1.54, 1.807) is 0 Å². The van der Waals surface area contributed by atoms with Crippen LogP contribution in [0.4, 0.5) is 0 Å². The molecule has 5 nitrogen and oxygen atoms in total. The average molecular weight is 494 g/mol. The fraction of sp³-hybridized carbons (Fsp3) is 0.742. The number of nitrogens with one attached hydrogen (secondary N) is 2. The molecule has 5 heteroatoms. The lowest BCUT2D eigenvalue weighted by atomic mass is 9.48. The van der Waals surface area contributed by atoms with Crippen molar-refractivity contribution in [3.05, 3.63) is 35.4 Å². The maximum atomic E-state index is 13.2. The molecule has 198 valence electrons.